The summed E-state index contributed by atoms with van der Waals surface area (Å²) in [7, 11) is 0. The Morgan fingerprint density at radius 2 is 2.00 bits per heavy atom. The molecular formula is C16H16F2N2O4. The minimum absolute atomic E-state index is 0.0386. The number of amides is 2. The number of rotatable bonds is 3. The Hall–Kier alpha value is -2.51. The maximum Gasteiger partial charge on any atom is 0.326 e. The van der Waals surface area contributed by atoms with Crippen LogP contribution in [0.2, 0.25) is 0 Å². The average molecular weight is 338 g/mol. The van der Waals surface area contributed by atoms with Gasteiger partial charge in [-0.05, 0) is 25.0 Å². The van der Waals surface area contributed by atoms with Crippen LogP contribution in [0.3, 0.4) is 0 Å². The molecule has 2 aliphatic rings. The zero-order chi connectivity index (χ0) is 17.4. The van der Waals surface area contributed by atoms with Crippen molar-refractivity contribution in [3.05, 3.63) is 29.8 Å². The summed E-state index contributed by atoms with van der Waals surface area (Å²) in [4.78, 5) is 38.3. The van der Waals surface area contributed by atoms with Crippen LogP contribution in [0.1, 0.15) is 19.3 Å². The fourth-order valence-electron chi connectivity index (χ4n) is 3.33. The molecule has 2 fully saturated rings. The van der Waals surface area contributed by atoms with Gasteiger partial charge in [0.05, 0.1) is 11.6 Å². The minimum atomic E-state index is -1.06. The number of halogens is 2. The quantitative estimate of drug-likeness (QED) is 0.903. The van der Waals surface area contributed by atoms with Gasteiger partial charge in [-0.2, -0.15) is 0 Å². The Kier molecular flexibility index (Phi) is 4.21. The molecule has 6 nitrogen and oxygen atoms in total. The van der Waals surface area contributed by atoms with Crippen molar-refractivity contribution in [2.24, 2.45) is 5.92 Å². The second-order valence-electron chi connectivity index (χ2n) is 6.03. The second-order valence-corrected chi connectivity index (χ2v) is 6.03. The number of carboxylic acid groups (broad SMARTS) is 1. The Bertz CT molecular complexity index is 709. The maximum atomic E-state index is 13.9. The normalized spacial score (nSPS) is 23.8. The van der Waals surface area contributed by atoms with E-state index in [4.69, 9.17) is 5.11 Å². The zero-order valence-corrected chi connectivity index (χ0v) is 12.7. The van der Waals surface area contributed by atoms with Gasteiger partial charge in [-0.3, -0.25) is 9.59 Å². The average Bonchev–Trinajstić information content (AvgIpc) is 3.13. The highest BCUT2D eigenvalue weighted by molar-refractivity contribution is 6.01. The maximum absolute atomic E-state index is 13.9. The fraction of sp³-hybridized carbons (Fsp3) is 0.438. The third-order valence-electron chi connectivity index (χ3n) is 4.50. The molecule has 2 atom stereocenters. The van der Waals surface area contributed by atoms with Crippen LogP contribution < -0.4 is 4.90 Å². The van der Waals surface area contributed by atoms with Crippen molar-refractivity contribution < 1.29 is 28.3 Å². The SMILES string of the molecule is O=C(O)C1CCCN1C(=O)C1CC(=O)N(c2ccc(F)cc2F)C1. The summed E-state index contributed by atoms with van der Waals surface area (Å²) >= 11 is 0. The molecule has 0 radical (unpaired) electrons. The number of anilines is 1. The summed E-state index contributed by atoms with van der Waals surface area (Å²) in [6, 6.07) is 2.01. The minimum Gasteiger partial charge on any atom is -0.480 e. The van der Waals surface area contributed by atoms with Gasteiger partial charge in [0.2, 0.25) is 11.8 Å². The number of aliphatic carboxylic acids is 1. The highest BCUT2D eigenvalue weighted by Gasteiger charge is 2.42. The predicted molar refractivity (Wildman–Crippen MR) is 79.2 cm³/mol. The van der Waals surface area contributed by atoms with Crippen LogP contribution in [0.5, 0.6) is 0 Å². The van der Waals surface area contributed by atoms with Crippen molar-refractivity contribution in [3.8, 4) is 0 Å². The highest BCUT2D eigenvalue weighted by atomic mass is 19.1. The first-order chi connectivity index (χ1) is 11.4. The number of carboxylic acids is 1. The first-order valence-electron chi connectivity index (χ1n) is 7.67. The standard InChI is InChI=1S/C16H16F2N2O4/c17-10-3-4-12(11(18)7-10)20-8-9(6-14(20)21)15(22)19-5-1-2-13(19)16(23)24/h3-4,7,9,13H,1-2,5-6,8H2,(H,23,24). The lowest BCUT2D eigenvalue weighted by Crippen LogP contribution is -2.44. The van der Waals surface area contributed by atoms with Crippen molar-refractivity contribution in [1.29, 1.82) is 0 Å². The lowest BCUT2D eigenvalue weighted by atomic mass is 10.1. The molecule has 0 aliphatic carbocycles. The molecule has 0 spiro atoms. The Labute approximate surface area is 136 Å². The van der Waals surface area contributed by atoms with Gasteiger partial charge in [0.15, 0.2) is 0 Å². The van der Waals surface area contributed by atoms with Crippen LogP contribution in [-0.4, -0.2) is 46.9 Å². The summed E-state index contributed by atoms with van der Waals surface area (Å²) in [5.74, 6) is -4.25. The van der Waals surface area contributed by atoms with Gasteiger partial charge in [0.25, 0.3) is 0 Å². The molecule has 0 bridgehead atoms. The number of likely N-dealkylation sites (tertiary alicyclic amines) is 1. The van der Waals surface area contributed by atoms with E-state index in [1.807, 2.05) is 0 Å². The van der Waals surface area contributed by atoms with Gasteiger partial charge in [0, 0.05) is 25.6 Å². The third-order valence-corrected chi connectivity index (χ3v) is 4.50. The van der Waals surface area contributed by atoms with E-state index in [1.165, 1.54) is 4.90 Å². The zero-order valence-electron chi connectivity index (χ0n) is 12.7. The molecule has 2 unspecified atom stereocenters. The van der Waals surface area contributed by atoms with Gasteiger partial charge >= 0.3 is 5.97 Å². The van der Waals surface area contributed by atoms with Crippen LogP contribution in [0.15, 0.2) is 18.2 Å². The van der Waals surface area contributed by atoms with Crippen molar-refractivity contribution in [2.75, 3.05) is 18.0 Å². The topological polar surface area (TPSA) is 77.9 Å². The van der Waals surface area contributed by atoms with E-state index >= 15 is 0 Å². The van der Waals surface area contributed by atoms with Gasteiger partial charge in [-0.15, -0.1) is 0 Å². The van der Waals surface area contributed by atoms with Gasteiger partial charge in [0.1, 0.15) is 17.7 Å². The summed E-state index contributed by atoms with van der Waals surface area (Å²) in [5, 5.41) is 9.16. The van der Waals surface area contributed by atoms with Crippen molar-refractivity contribution in [3.63, 3.8) is 0 Å². The molecule has 128 valence electrons. The summed E-state index contributed by atoms with van der Waals surface area (Å²) in [6.45, 7) is 0.300. The number of benzene rings is 1. The summed E-state index contributed by atoms with van der Waals surface area (Å²) < 4.78 is 26.9. The van der Waals surface area contributed by atoms with Crippen LogP contribution >= 0.6 is 0 Å². The fourth-order valence-corrected chi connectivity index (χ4v) is 3.33. The molecule has 2 heterocycles. The molecule has 0 aromatic heterocycles. The molecular weight excluding hydrogens is 322 g/mol. The lowest BCUT2D eigenvalue weighted by molar-refractivity contribution is -0.149. The van der Waals surface area contributed by atoms with E-state index in [-0.39, 0.29) is 18.7 Å². The Morgan fingerprint density at radius 3 is 2.67 bits per heavy atom. The number of carbonyl (C=O) groups is 3. The van der Waals surface area contributed by atoms with E-state index in [0.717, 1.165) is 17.0 Å². The van der Waals surface area contributed by atoms with Crippen LogP contribution in [0.4, 0.5) is 14.5 Å². The lowest BCUT2D eigenvalue weighted by Gasteiger charge is -2.24. The smallest absolute Gasteiger partial charge is 0.326 e. The number of nitrogens with zero attached hydrogens (tertiary/aromatic N) is 2. The first kappa shape index (κ1) is 16.4. The molecule has 1 aromatic rings. The van der Waals surface area contributed by atoms with E-state index in [2.05, 4.69) is 0 Å². The van der Waals surface area contributed by atoms with Crippen molar-refractivity contribution in [1.82, 2.24) is 4.90 Å². The van der Waals surface area contributed by atoms with Gasteiger partial charge in [-0.25, -0.2) is 13.6 Å². The molecule has 8 heteroatoms. The van der Waals surface area contributed by atoms with E-state index in [9.17, 15) is 23.2 Å². The van der Waals surface area contributed by atoms with E-state index < -0.39 is 41.4 Å². The number of hydrogen-bond donors (Lipinski definition) is 1. The number of hydrogen-bond acceptors (Lipinski definition) is 3. The highest BCUT2D eigenvalue weighted by Crippen LogP contribution is 2.30. The molecule has 2 amide bonds. The second kappa shape index (κ2) is 6.18. The summed E-state index contributed by atoms with van der Waals surface area (Å²) in [6.07, 6.45) is 0.871. The van der Waals surface area contributed by atoms with E-state index in [0.29, 0.717) is 25.5 Å². The van der Waals surface area contributed by atoms with Crippen molar-refractivity contribution in [2.45, 2.75) is 25.3 Å². The molecule has 24 heavy (non-hydrogen) atoms. The van der Waals surface area contributed by atoms with E-state index in [1.54, 1.807) is 0 Å². The van der Waals surface area contributed by atoms with Crippen LogP contribution in [0, 0.1) is 17.6 Å². The molecule has 2 aliphatic heterocycles. The molecule has 2 saturated heterocycles. The molecule has 0 saturated carbocycles. The monoisotopic (exact) mass is 338 g/mol. The van der Waals surface area contributed by atoms with Crippen molar-refractivity contribution >= 4 is 23.5 Å². The molecule has 3 rings (SSSR count). The summed E-state index contributed by atoms with van der Waals surface area (Å²) in [5.41, 5.74) is -0.0760. The van der Waals surface area contributed by atoms with Crippen LogP contribution in [-0.2, 0) is 14.4 Å². The Balaban J connectivity index is 1.77. The van der Waals surface area contributed by atoms with Crippen LogP contribution in [0.25, 0.3) is 0 Å². The third kappa shape index (κ3) is 2.83. The largest absolute Gasteiger partial charge is 0.480 e. The van der Waals surface area contributed by atoms with Gasteiger partial charge in [-0.1, -0.05) is 0 Å². The number of carbonyl (C=O) groups excluding carboxylic acids is 2. The predicted octanol–water partition coefficient (Wildman–Crippen LogP) is 1.39. The first-order valence-corrected chi connectivity index (χ1v) is 7.67. The van der Waals surface area contributed by atoms with Gasteiger partial charge < -0.3 is 14.9 Å². The Morgan fingerprint density at radius 1 is 1.25 bits per heavy atom. The molecule has 1 N–H and O–H groups in total. The molecule has 1 aromatic carbocycles.